The van der Waals surface area contributed by atoms with Crippen molar-refractivity contribution in [3.8, 4) is 0 Å². The van der Waals surface area contributed by atoms with Crippen molar-refractivity contribution in [2.45, 2.75) is 39.8 Å². The Kier molecular flexibility index (Phi) is 4.83. The Morgan fingerprint density at radius 2 is 1.96 bits per heavy atom. The van der Waals surface area contributed by atoms with Crippen LogP contribution in [0.25, 0.3) is 0 Å². The largest absolute Gasteiger partial charge is 0.322 e. The van der Waals surface area contributed by atoms with Gasteiger partial charge in [0.1, 0.15) is 11.9 Å². The van der Waals surface area contributed by atoms with Crippen LogP contribution in [-0.2, 0) is 11.3 Å². The Labute approximate surface area is 148 Å². The minimum absolute atomic E-state index is 0.0754. The molecule has 1 unspecified atom stereocenters. The number of nitrogens with one attached hydrogen (secondary N) is 1. The second-order valence-electron chi connectivity index (χ2n) is 6.89. The summed E-state index contributed by atoms with van der Waals surface area (Å²) in [5, 5.41) is 2.87. The van der Waals surface area contributed by atoms with Gasteiger partial charge in [-0.1, -0.05) is 38.1 Å². The van der Waals surface area contributed by atoms with Gasteiger partial charge in [-0.25, -0.2) is 4.98 Å². The van der Waals surface area contributed by atoms with Crippen LogP contribution in [0.1, 0.15) is 41.9 Å². The lowest BCUT2D eigenvalue weighted by Crippen LogP contribution is -2.45. The van der Waals surface area contributed by atoms with Crippen molar-refractivity contribution >= 4 is 17.6 Å². The van der Waals surface area contributed by atoms with Gasteiger partial charge in [0.05, 0.1) is 0 Å². The molecule has 5 heteroatoms. The molecule has 2 heterocycles. The molecule has 1 aliphatic rings. The molecule has 130 valence electrons. The smallest absolute Gasteiger partial charge is 0.255 e. The molecule has 2 amide bonds. The fourth-order valence-corrected chi connectivity index (χ4v) is 3.17. The average Bonchev–Trinajstić information content (AvgIpc) is 2.89. The molecule has 25 heavy (non-hydrogen) atoms. The van der Waals surface area contributed by atoms with E-state index in [9.17, 15) is 9.59 Å². The van der Waals surface area contributed by atoms with E-state index in [2.05, 4.69) is 24.1 Å². The average molecular weight is 337 g/mol. The van der Waals surface area contributed by atoms with E-state index in [0.717, 1.165) is 11.3 Å². The first-order valence-electron chi connectivity index (χ1n) is 8.59. The number of amides is 2. The van der Waals surface area contributed by atoms with Gasteiger partial charge in [0, 0.05) is 17.8 Å². The van der Waals surface area contributed by atoms with Crippen LogP contribution in [0.2, 0.25) is 0 Å². The van der Waals surface area contributed by atoms with Crippen LogP contribution in [0.3, 0.4) is 0 Å². The van der Waals surface area contributed by atoms with Crippen LogP contribution in [-0.4, -0.2) is 27.7 Å². The summed E-state index contributed by atoms with van der Waals surface area (Å²) in [7, 11) is 0. The summed E-state index contributed by atoms with van der Waals surface area (Å²) >= 11 is 0. The summed E-state index contributed by atoms with van der Waals surface area (Å²) in [6.45, 7) is 6.46. The van der Waals surface area contributed by atoms with Crippen molar-refractivity contribution < 1.29 is 9.59 Å². The number of benzene rings is 1. The number of aromatic nitrogens is 1. The van der Waals surface area contributed by atoms with E-state index >= 15 is 0 Å². The van der Waals surface area contributed by atoms with Crippen LogP contribution in [0.15, 0.2) is 42.5 Å². The molecule has 1 aromatic heterocycles. The number of nitrogens with zero attached hydrogens (tertiary/aromatic N) is 2. The molecule has 0 fully saturated rings. The number of pyridine rings is 1. The number of aryl methyl sites for hydroxylation is 1. The highest BCUT2D eigenvalue weighted by Crippen LogP contribution is 2.27. The third-order valence-corrected chi connectivity index (χ3v) is 4.36. The Balaban J connectivity index is 1.83. The van der Waals surface area contributed by atoms with Gasteiger partial charge in [-0.2, -0.15) is 0 Å². The number of fused-ring (bicyclic) bond motifs is 1. The zero-order valence-electron chi connectivity index (χ0n) is 14.8. The lowest BCUT2D eigenvalue weighted by Gasteiger charge is -2.28. The molecule has 1 N–H and O–H groups in total. The zero-order chi connectivity index (χ0) is 18.0. The molecular weight excluding hydrogens is 314 g/mol. The number of hydrogen-bond acceptors (Lipinski definition) is 3. The fraction of sp³-hybridized carbons (Fsp3) is 0.350. The molecular formula is C20H23N3O2. The number of carbonyl (C=O) groups is 2. The molecule has 0 saturated carbocycles. The molecule has 5 nitrogen and oxygen atoms in total. The van der Waals surface area contributed by atoms with Gasteiger partial charge in [-0.15, -0.1) is 0 Å². The number of carbonyl (C=O) groups excluding carboxylic acids is 2. The van der Waals surface area contributed by atoms with Gasteiger partial charge >= 0.3 is 0 Å². The van der Waals surface area contributed by atoms with Gasteiger partial charge in [0.25, 0.3) is 5.91 Å². The van der Waals surface area contributed by atoms with Crippen LogP contribution in [0, 0.1) is 12.8 Å². The van der Waals surface area contributed by atoms with Gasteiger partial charge < -0.3 is 10.2 Å². The van der Waals surface area contributed by atoms with Crippen molar-refractivity contribution in [3.63, 3.8) is 0 Å². The maximum Gasteiger partial charge on any atom is 0.255 e. The van der Waals surface area contributed by atoms with Crippen LogP contribution < -0.4 is 5.32 Å². The molecule has 0 bridgehead atoms. The van der Waals surface area contributed by atoms with E-state index in [-0.39, 0.29) is 17.7 Å². The molecule has 0 spiro atoms. The quantitative estimate of drug-likeness (QED) is 0.909. The summed E-state index contributed by atoms with van der Waals surface area (Å²) in [4.78, 5) is 31.7. The van der Waals surface area contributed by atoms with Crippen molar-refractivity contribution in [1.82, 2.24) is 9.88 Å². The molecule has 1 aromatic carbocycles. The van der Waals surface area contributed by atoms with Crippen LogP contribution in [0.4, 0.5) is 5.82 Å². The molecule has 1 aliphatic heterocycles. The molecule has 0 saturated heterocycles. The standard InChI is InChI=1S/C20H23N3O2/c1-13(2)11-17(19(24)22-18-10-6-7-14(3)21-18)23-12-15-8-4-5-9-16(15)20(23)25/h4-10,13,17H,11-12H2,1-3H3,(H,21,22,24). The topological polar surface area (TPSA) is 62.3 Å². The van der Waals surface area contributed by atoms with E-state index < -0.39 is 6.04 Å². The maximum absolute atomic E-state index is 12.9. The first kappa shape index (κ1) is 17.1. The lowest BCUT2D eigenvalue weighted by atomic mass is 10.0. The van der Waals surface area contributed by atoms with E-state index in [4.69, 9.17) is 0 Å². The fourth-order valence-electron chi connectivity index (χ4n) is 3.17. The second kappa shape index (κ2) is 7.05. The van der Waals surface area contributed by atoms with E-state index in [1.807, 2.05) is 43.3 Å². The minimum Gasteiger partial charge on any atom is -0.322 e. The Bertz CT molecular complexity index is 801. The van der Waals surface area contributed by atoms with E-state index in [1.54, 1.807) is 11.0 Å². The summed E-state index contributed by atoms with van der Waals surface area (Å²) in [5.41, 5.74) is 2.50. The number of rotatable bonds is 5. The summed E-state index contributed by atoms with van der Waals surface area (Å²) < 4.78 is 0. The highest BCUT2D eigenvalue weighted by molar-refractivity contribution is 6.03. The summed E-state index contributed by atoms with van der Waals surface area (Å²) in [6, 6.07) is 12.5. The van der Waals surface area contributed by atoms with Crippen molar-refractivity contribution in [2.75, 3.05) is 5.32 Å². The van der Waals surface area contributed by atoms with E-state index in [1.165, 1.54) is 0 Å². The van der Waals surface area contributed by atoms with Gasteiger partial charge in [0.2, 0.25) is 5.91 Å². The summed E-state index contributed by atoms with van der Waals surface area (Å²) in [6.07, 6.45) is 0.609. The van der Waals surface area contributed by atoms with Crippen LogP contribution >= 0.6 is 0 Å². The first-order chi connectivity index (χ1) is 12.0. The molecule has 2 aromatic rings. The predicted octanol–water partition coefficient (Wildman–Crippen LogP) is 3.40. The van der Waals surface area contributed by atoms with Crippen molar-refractivity contribution in [2.24, 2.45) is 5.92 Å². The molecule has 1 atom stereocenters. The van der Waals surface area contributed by atoms with Gasteiger partial charge in [-0.3, -0.25) is 9.59 Å². The van der Waals surface area contributed by atoms with Crippen LogP contribution in [0.5, 0.6) is 0 Å². The third kappa shape index (κ3) is 3.71. The molecule has 0 aliphatic carbocycles. The minimum atomic E-state index is -0.512. The van der Waals surface area contributed by atoms with Gasteiger partial charge in [-0.05, 0) is 43.0 Å². The maximum atomic E-state index is 12.9. The highest BCUT2D eigenvalue weighted by Gasteiger charge is 2.36. The Morgan fingerprint density at radius 1 is 1.20 bits per heavy atom. The highest BCUT2D eigenvalue weighted by atomic mass is 16.2. The second-order valence-corrected chi connectivity index (χ2v) is 6.89. The normalized spacial score (nSPS) is 14.6. The lowest BCUT2D eigenvalue weighted by molar-refractivity contribution is -0.121. The molecule has 0 radical (unpaired) electrons. The van der Waals surface area contributed by atoms with Crippen molar-refractivity contribution in [1.29, 1.82) is 0 Å². The van der Waals surface area contributed by atoms with Crippen molar-refractivity contribution in [3.05, 3.63) is 59.3 Å². The Hall–Kier alpha value is -2.69. The molecule has 3 rings (SSSR count). The number of anilines is 1. The zero-order valence-corrected chi connectivity index (χ0v) is 14.8. The first-order valence-corrected chi connectivity index (χ1v) is 8.59. The third-order valence-electron chi connectivity index (χ3n) is 4.36. The monoisotopic (exact) mass is 337 g/mol. The SMILES string of the molecule is Cc1cccc(NC(=O)C(CC(C)C)N2Cc3ccccc3C2=O)n1. The van der Waals surface area contributed by atoms with E-state index in [0.29, 0.717) is 24.3 Å². The Morgan fingerprint density at radius 3 is 2.64 bits per heavy atom. The van der Waals surface area contributed by atoms with Gasteiger partial charge in [0.15, 0.2) is 0 Å². The predicted molar refractivity (Wildman–Crippen MR) is 97.2 cm³/mol. The summed E-state index contributed by atoms with van der Waals surface area (Å²) in [5.74, 6) is 0.544. The number of hydrogen-bond donors (Lipinski definition) is 1.